The third kappa shape index (κ3) is 4.15. The van der Waals surface area contributed by atoms with Gasteiger partial charge in [-0.15, -0.1) is 0 Å². The average molecular weight is 374 g/mol. The Balaban J connectivity index is 1.81. The molecule has 0 saturated heterocycles. The first kappa shape index (κ1) is 19.4. The van der Waals surface area contributed by atoms with E-state index < -0.39 is 11.6 Å². The molecule has 4 nitrogen and oxygen atoms in total. The number of rotatable bonds is 5. The maximum atomic E-state index is 14.7. The SMILES string of the molecule is CC[C@H]1CC(NC(C)c2cc(F)c(-c3cn(C(C)(C)C)cn3)cc2F)=CN1. The lowest BCUT2D eigenvalue weighted by molar-refractivity contribution is 0.396. The molecule has 1 aliphatic heterocycles. The summed E-state index contributed by atoms with van der Waals surface area (Å²) < 4.78 is 31.4. The Hall–Kier alpha value is -2.37. The van der Waals surface area contributed by atoms with Gasteiger partial charge in [0.15, 0.2) is 0 Å². The van der Waals surface area contributed by atoms with Crippen LogP contribution in [0.4, 0.5) is 8.78 Å². The van der Waals surface area contributed by atoms with Crippen LogP contribution in [-0.4, -0.2) is 15.6 Å². The minimum absolute atomic E-state index is 0.169. The van der Waals surface area contributed by atoms with Gasteiger partial charge in [-0.3, -0.25) is 0 Å². The highest BCUT2D eigenvalue weighted by Crippen LogP contribution is 2.29. The van der Waals surface area contributed by atoms with Gasteiger partial charge >= 0.3 is 0 Å². The summed E-state index contributed by atoms with van der Waals surface area (Å²) in [6.07, 6.45) is 7.21. The molecule has 0 spiro atoms. The monoisotopic (exact) mass is 374 g/mol. The topological polar surface area (TPSA) is 41.9 Å². The molecule has 2 atom stereocenters. The van der Waals surface area contributed by atoms with Crippen molar-refractivity contribution in [1.82, 2.24) is 20.2 Å². The van der Waals surface area contributed by atoms with Crippen LogP contribution < -0.4 is 10.6 Å². The van der Waals surface area contributed by atoms with E-state index in [0.29, 0.717) is 17.3 Å². The molecule has 0 amide bonds. The maximum Gasteiger partial charge on any atom is 0.133 e. The predicted molar refractivity (Wildman–Crippen MR) is 104 cm³/mol. The summed E-state index contributed by atoms with van der Waals surface area (Å²) in [6.45, 7) is 10.0. The van der Waals surface area contributed by atoms with E-state index in [1.165, 1.54) is 12.1 Å². The van der Waals surface area contributed by atoms with Gasteiger partial charge in [-0.25, -0.2) is 13.8 Å². The Labute approximate surface area is 159 Å². The minimum atomic E-state index is -0.468. The molecule has 1 aromatic carbocycles. The second kappa shape index (κ2) is 7.33. The van der Waals surface area contributed by atoms with Crippen LogP contribution in [0.1, 0.15) is 59.1 Å². The third-order valence-electron chi connectivity index (χ3n) is 5.04. The van der Waals surface area contributed by atoms with Gasteiger partial charge < -0.3 is 15.2 Å². The number of halogens is 2. The Bertz CT molecular complexity index is 848. The normalized spacial score (nSPS) is 18.2. The molecule has 1 aromatic heterocycles. The zero-order valence-corrected chi connectivity index (χ0v) is 16.6. The molecule has 2 aromatic rings. The fourth-order valence-corrected chi connectivity index (χ4v) is 3.24. The Kier molecular flexibility index (Phi) is 5.27. The first-order valence-electron chi connectivity index (χ1n) is 9.44. The van der Waals surface area contributed by atoms with Gasteiger partial charge in [0, 0.05) is 47.2 Å². The van der Waals surface area contributed by atoms with E-state index in [9.17, 15) is 8.78 Å². The molecule has 3 rings (SSSR count). The number of benzene rings is 1. The third-order valence-corrected chi connectivity index (χ3v) is 5.04. The van der Waals surface area contributed by atoms with E-state index in [0.717, 1.165) is 18.5 Å². The first-order chi connectivity index (χ1) is 12.7. The van der Waals surface area contributed by atoms with Crippen LogP contribution in [0.2, 0.25) is 0 Å². The number of hydrogen-bond donors (Lipinski definition) is 2. The van der Waals surface area contributed by atoms with Crippen molar-refractivity contribution in [3.8, 4) is 11.3 Å². The van der Waals surface area contributed by atoms with Crippen molar-refractivity contribution in [2.45, 2.75) is 65.1 Å². The highest BCUT2D eigenvalue weighted by atomic mass is 19.1. The van der Waals surface area contributed by atoms with Crippen LogP contribution >= 0.6 is 0 Å². The van der Waals surface area contributed by atoms with Gasteiger partial charge in [0.1, 0.15) is 11.6 Å². The van der Waals surface area contributed by atoms with Gasteiger partial charge in [-0.05, 0) is 46.2 Å². The second-order valence-electron chi connectivity index (χ2n) is 8.20. The van der Waals surface area contributed by atoms with Gasteiger partial charge in [-0.2, -0.15) is 0 Å². The van der Waals surface area contributed by atoms with E-state index in [4.69, 9.17) is 0 Å². The van der Waals surface area contributed by atoms with E-state index in [1.54, 1.807) is 12.5 Å². The molecule has 0 saturated carbocycles. The molecule has 1 unspecified atom stereocenters. The molecule has 6 heteroatoms. The van der Waals surface area contributed by atoms with Gasteiger partial charge in [0.2, 0.25) is 0 Å². The number of imidazole rings is 1. The molecule has 27 heavy (non-hydrogen) atoms. The highest BCUT2D eigenvalue weighted by Gasteiger charge is 2.21. The molecule has 0 fully saturated rings. The summed E-state index contributed by atoms with van der Waals surface area (Å²) in [5.74, 6) is -0.903. The summed E-state index contributed by atoms with van der Waals surface area (Å²) >= 11 is 0. The van der Waals surface area contributed by atoms with Crippen molar-refractivity contribution in [1.29, 1.82) is 0 Å². The van der Waals surface area contributed by atoms with Crippen LogP contribution in [-0.2, 0) is 5.54 Å². The van der Waals surface area contributed by atoms with E-state index >= 15 is 0 Å². The number of nitrogens with one attached hydrogen (secondary N) is 2. The van der Waals surface area contributed by atoms with E-state index in [2.05, 4.69) is 22.5 Å². The van der Waals surface area contributed by atoms with Gasteiger partial charge in [0.25, 0.3) is 0 Å². The standard InChI is InChI=1S/C21H28F2N4/c1-6-14-7-15(10-24-14)26-13(2)16-8-19(23)17(9-18(16)22)20-11-27(12-25-20)21(3,4)5/h8-14,24,26H,6-7H2,1-5H3/t13?,14-/m0/s1. The van der Waals surface area contributed by atoms with Crippen LogP contribution in [0.3, 0.4) is 0 Å². The largest absolute Gasteiger partial charge is 0.386 e. The smallest absolute Gasteiger partial charge is 0.133 e. The maximum absolute atomic E-state index is 14.7. The lowest BCUT2D eigenvalue weighted by Crippen LogP contribution is -2.20. The number of hydrogen-bond acceptors (Lipinski definition) is 3. The van der Waals surface area contributed by atoms with E-state index in [-0.39, 0.29) is 17.1 Å². The molecule has 2 N–H and O–H groups in total. The highest BCUT2D eigenvalue weighted by molar-refractivity contribution is 5.60. The second-order valence-corrected chi connectivity index (χ2v) is 8.20. The summed E-state index contributed by atoms with van der Waals surface area (Å²) in [5.41, 5.74) is 1.77. The summed E-state index contributed by atoms with van der Waals surface area (Å²) in [5, 5.41) is 6.56. The van der Waals surface area contributed by atoms with Gasteiger partial charge in [0.05, 0.1) is 18.1 Å². The Morgan fingerprint density at radius 1 is 1.30 bits per heavy atom. The fourth-order valence-electron chi connectivity index (χ4n) is 3.24. The van der Waals surface area contributed by atoms with Crippen molar-refractivity contribution in [2.75, 3.05) is 0 Å². The average Bonchev–Trinajstić information content (AvgIpc) is 3.25. The van der Waals surface area contributed by atoms with Crippen molar-refractivity contribution in [3.05, 3.63) is 53.8 Å². The lowest BCUT2D eigenvalue weighted by atomic mass is 10.0. The van der Waals surface area contributed by atoms with Crippen molar-refractivity contribution >= 4 is 0 Å². The zero-order chi connectivity index (χ0) is 19.8. The minimum Gasteiger partial charge on any atom is -0.386 e. The Morgan fingerprint density at radius 2 is 2.04 bits per heavy atom. The van der Waals surface area contributed by atoms with Crippen molar-refractivity contribution in [2.24, 2.45) is 0 Å². The van der Waals surface area contributed by atoms with Gasteiger partial charge in [-0.1, -0.05) is 6.92 Å². The summed E-state index contributed by atoms with van der Waals surface area (Å²) in [7, 11) is 0. The quantitative estimate of drug-likeness (QED) is 0.786. The van der Waals surface area contributed by atoms with Crippen LogP contribution in [0, 0.1) is 11.6 Å². The van der Waals surface area contributed by atoms with Crippen LogP contribution in [0.5, 0.6) is 0 Å². The Morgan fingerprint density at radius 3 is 2.63 bits per heavy atom. The summed E-state index contributed by atoms with van der Waals surface area (Å²) in [6, 6.07) is 2.60. The van der Waals surface area contributed by atoms with E-state index in [1.807, 2.05) is 38.5 Å². The fraction of sp³-hybridized carbons (Fsp3) is 0.476. The molecule has 146 valence electrons. The zero-order valence-electron chi connectivity index (χ0n) is 16.6. The number of aromatic nitrogens is 2. The molecule has 2 heterocycles. The van der Waals surface area contributed by atoms with Crippen molar-refractivity contribution in [3.63, 3.8) is 0 Å². The van der Waals surface area contributed by atoms with Crippen LogP contribution in [0.15, 0.2) is 36.6 Å². The molecular formula is C21H28F2N4. The molecule has 0 aliphatic carbocycles. The van der Waals surface area contributed by atoms with Crippen LogP contribution in [0.25, 0.3) is 11.3 Å². The first-order valence-corrected chi connectivity index (χ1v) is 9.44. The molecular weight excluding hydrogens is 346 g/mol. The predicted octanol–water partition coefficient (Wildman–Crippen LogP) is 4.85. The molecule has 1 aliphatic rings. The molecule has 0 radical (unpaired) electrons. The lowest BCUT2D eigenvalue weighted by Gasteiger charge is -2.20. The number of nitrogens with zero attached hydrogens (tertiary/aromatic N) is 2. The van der Waals surface area contributed by atoms with Crippen molar-refractivity contribution < 1.29 is 8.78 Å². The molecule has 0 bridgehead atoms. The summed E-state index contributed by atoms with van der Waals surface area (Å²) in [4.78, 5) is 4.25.